The van der Waals surface area contributed by atoms with Crippen molar-refractivity contribution in [3.63, 3.8) is 0 Å². The third kappa shape index (κ3) is 23.7. The van der Waals surface area contributed by atoms with Gasteiger partial charge in [-0.25, -0.2) is 9.59 Å². The normalized spacial score (nSPS) is 11.1. The van der Waals surface area contributed by atoms with E-state index in [1.165, 1.54) is 7.11 Å². The first kappa shape index (κ1) is 32.4. The molecular weight excluding hydrogens is 384 g/mol. The molecule has 13 heteroatoms. The average molecular weight is 417 g/mol. The first-order chi connectivity index (χ1) is 11.6. The van der Waals surface area contributed by atoms with Gasteiger partial charge in [-0.3, -0.25) is 9.59 Å². The van der Waals surface area contributed by atoms with Crippen molar-refractivity contribution >= 4 is 36.4 Å². The molecule has 2 atom stereocenters. The number of primary amides is 2. The van der Waals surface area contributed by atoms with E-state index >= 15 is 0 Å². The quantitative estimate of drug-likeness (QED) is 0.169. The summed E-state index contributed by atoms with van der Waals surface area (Å²) in [5.74, 6) is -1.48. The Morgan fingerprint density at radius 1 is 0.926 bits per heavy atom. The summed E-state index contributed by atoms with van der Waals surface area (Å²) in [6.07, 6.45) is 1.90. The molecule has 162 valence electrons. The number of halogens is 1. The molecule has 0 bridgehead atoms. The summed E-state index contributed by atoms with van der Waals surface area (Å²) < 4.78 is 4.41. The zero-order valence-corrected chi connectivity index (χ0v) is 15.4. The SMILES string of the molecule is C.COC(=O)[C@@H](N)CCCNC(N)=O.Cl.NC(=O)NCCC[C@H](N)C(=O)O. The maximum absolute atomic E-state index is 10.8. The van der Waals surface area contributed by atoms with E-state index < -0.39 is 36.1 Å². The average Bonchev–Trinajstić information content (AvgIpc) is 2.54. The highest BCUT2D eigenvalue weighted by Crippen LogP contribution is 1.95. The van der Waals surface area contributed by atoms with Crippen LogP contribution in [0, 0.1) is 0 Å². The van der Waals surface area contributed by atoms with Gasteiger partial charge in [0.05, 0.1) is 7.11 Å². The Morgan fingerprint density at radius 3 is 1.59 bits per heavy atom. The number of nitrogens with one attached hydrogen (secondary N) is 2. The van der Waals surface area contributed by atoms with Crippen molar-refractivity contribution in [1.82, 2.24) is 10.6 Å². The summed E-state index contributed by atoms with van der Waals surface area (Å²) in [5.41, 5.74) is 20.2. The van der Waals surface area contributed by atoms with E-state index in [4.69, 9.17) is 28.0 Å². The van der Waals surface area contributed by atoms with Crippen molar-refractivity contribution in [1.29, 1.82) is 0 Å². The van der Waals surface area contributed by atoms with Gasteiger partial charge in [0.2, 0.25) is 0 Å². The molecule has 4 amide bonds. The largest absolute Gasteiger partial charge is 0.480 e. The minimum absolute atomic E-state index is 0. The molecule has 0 heterocycles. The van der Waals surface area contributed by atoms with Gasteiger partial charge in [0.15, 0.2) is 0 Å². The van der Waals surface area contributed by atoms with Crippen LogP contribution in [0.4, 0.5) is 9.59 Å². The number of hydrogen-bond donors (Lipinski definition) is 7. The zero-order valence-electron chi connectivity index (χ0n) is 14.6. The summed E-state index contributed by atoms with van der Waals surface area (Å²) in [7, 11) is 1.28. The number of aliphatic carboxylic acids is 1. The van der Waals surface area contributed by atoms with Crippen molar-refractivity contribution in [2.45, 2.75) is 45.2 Å². The maximum atomic E-state index is 10.8. The van der Waals surface area contributed by atoms with Crippen molar-refractivity contribution < 1.29 is 29.0 Å². The Labute approximate surface area is 165 Å². The van der Waals surface area contributed by atoms with Crippen LogP contribution in [0.25, 0.3) is 0 Å². The molecule has 0 saturated carbocycles. The number of carboxylic acid groups (broad SMARTS) is 1. The van der Waals surface area contributed by atoms with Crippen molar-refractivity contribution in [2.75, 3.05) is 20.2 Å². The van der Waals surface area contributed by atoms with Gasteiger partial charge in [0.25, 0.3) is 0 Å². The number of hydrogen-bond acceptors (Lipinski definition) is 7. The fourth-order valence-corrected chi connectivity index (χ4v) is 1.46. The van der Waals surface area contributed by atoms with E-state index in [2.05, 4.69) is 15.4 Å². The van der Waals surface area contributed by atoms with E-state index in [9.17, 15) is 19.2 Å². The van der Waals surface area contributed by atoms with Gasteiger partial charge in [-0.2, -0.15) is 0 Å². The summed E-state index contributed by atoms with van der Waals surface area (Å²) in [6.45, 7) is 0.774. The van der Waals surface area contributed by atoms with E-state index in [-0.39, 0.29) is 19.8 Å². The molecule has 0 spiro atoms. The minimum atomic E-state index is -1.03. The molecule has 0 aliphatic rings. The highest BCUT2D eigenvalue weighted by Gasteiger charge is 2.12. The molecule has 27 heavy (non-hydrogen) atoms. The molecule has 0 aliphatic heterocycles. The monoisotopic (exact) mass is 416 g/mol. The van der Waals surface area contributed by atoms with E-state index in [0.717, 1.165) is 0 Å². The van der Waals surface area contributed by atoms with Crippen molar-refractivity contribution in [2.24, 2.45) is 22.9 Å². The second-order valence-electron chi connectivity index (χ2n) is 4.94. The lowest BCUT2D eigenvalue weighted by Crippen LogP contribution is -2.34. The van der Waals surface area contributed by atoms with E-state index in [1.807, 2.05) is 0 Å². The maximum Gasteiger partial charge on any atom is 0.322 e. The lowest BCUT2D eigenvalue weighted by Gasteiger charge is -2.08. The van der Waals surface area contributed by atoms with Gasteiger partial charge in [0.1, 0.15) is 12.1 Å². The highest BCUT2D eigenvalue weighted by atomic mass is 35.5. The molecule has 0 saturated heterocycles. The number of nitrogens with two attached hydrogens (primary N) is 4. The Balaban J connectivity index is -0.000000183. The number of rotatable bonds is 10. The number of urea groups is 2. The number of amides is 4. The predicted molar refractivity (Wildman–Crippen MR) is 103 cm³/mol. The molecule has 0 fully saturated rings. The Kier molecular flexibility index (Phi) is 24.0. The van der Waals surface area contributed by atoms with Crippen LogP contribution in [0.15, 0.2) is 0 Å². The Hall–Kier alpha value is -2.31. The van der Waals surface area contributed by atoms with Crippen molar-refractivity contribution in [3.8, 4) is 0 Å². The van der Waals surface area contributed by atoms with Crippen LogP contribution < -0.4 is 33.6 Å². The minimum Gasteiger partial charge on any atom is -0.480 e. The van der Waals surface area contributed by atoms with Crippen molar-refractivity contribution in [3.05, 3.63) is 0 Å². The standard InChI is InChI=1S/C7H15N3O3.C6H13N3O3.CH4.ClH/c1-13-6(11)5(8)3-2-4-10-7(9)12;7-4(5(10)11)2-1-3-9-6(8)12;;/h5H,2-4,8H2,1H3,(H3,9,10,12);4H,1-3,7H2,(H,10,11)(H3,8,9,12);1H4;1H/t5-;4-;;/m00../s1. The third-order valence-corrected chi connectivity index (χ3v) is 2.80. The fraction of sp³-hybridized carbons (Fsp3) is 0.714. The van der Waals surface area contributed by atoms with Crippen LogP contribution in [-0.4, -0.2) is 61.4 Å². The summed E-state index contributed by atoms with van der Waals surface area (Å²) in [5, 5.41) is 13.1. The van der Waals surface area contributed by atoms with Gasteiger partial charge in [0, 0.05) is 13.1 Å². The molecule has 0 radical (unpaired) electrons. The van der Waals surface area contributed by atoms with Gasteiger partial charge < -0.3 is 43.4 Å². The van der Waals surface area contributed by atoms with Crippen LogP contribution in [0.2, 0.25) is 0 Å². The van der Waals surface area contributed by atoms with Gasteiger partial charge >= 0.3 is 24.0 Å². The lowest BCUT2D eigenvalue weighted by atomic mass is 10.2. The fourth-order valence-electron chi connectivity index (χ4n) is 1.46. The number of carbonyl (C=O) groups excluding carboxylic acids is 3. The number of methoxy groups -OCH3 is 1. The topological polar surface area (TPSA) is 226 Å². The van der Waals surface area contributed by atoms with Crippen LogP contribution in [0.1, 0.15) is 33.1 Å². The number of esters is 1. The smallest absolute Gasteiger partial charge is 0.322 e. The summed E-state index contributed by atoms with van der Waals surface area (Å²) in [6, 6.07) is -2.68. The second-order valence-corrected chi connectivity index (χ2v) is 4.94. The van der Waals surface area contributed by atoms with Crippen LogP contribution in [0.3, 0.4) is 0 Å². The molecule has 11 N–H and O–H groups in total. The highest BCUT2D eigenvalue weighted by molar-refractivity contribution is 5.85. The molecule has 12 nitrogen and oxygen atoms in total. The molecule has 0 unspecified atom stereocenters. The second kappa shape index (κ2) is 20.0. The molecule has 0 aromatic rings. The number of ether oxygens (including phenoxy) is 1. The van der Waals surface area contributed by atoms with Gasteiger partial charge in [-0.1, -0.05) is 7.43 Å². The molecule has 0 aliphatic carbocycles. The molecule has 0 rings (SSSR count). The molecule has 0 aromatic carbocycles. The summed E-state index contributed by atoms with van der Waals surface area (Å²) >= 11 is 0. The van der Waals surface area contributed by atoms with E-state index in [0.29, 0.717) is 38.8 Å². The van der Waals surface area contributed by atoms with Crippen LogP contribution >= 0.6 is 12.4 Å². The number of carbonyl (C=O) groups is 4. The Morgan fingerprint density at radius 2 is 1.30 bits per heavy atom. The summed E-state index contributed by atoms with van der Waals surface area (Å²) in [4.78, 5) is 41.3. The first-order valence-electron chi connectivity index (χ1n) is 7.50. The van der Waals surface area contributed by atoms with Crippen LogP contribution in [0.5, 0.6) is 0 Å². The first-order valence-corrected chi connectivity index (χ1v) is 7.50. The van der Waals surface area contributed by atoms with Gasteiger partial charge in [-0.05, 0) is 25.7 Å². The zero-order chi connectivity index (χ0) is 19.8. The van der Waals surface area contributed by atoms with Gasteiger partial charge in [-0.15, -0.1) is 12.4 Å². The number of carboxylic acids is 1. The molecular formula is C14H33ClN6O6. The Bertz CT molecular complexity index is 440. The lowest BCUT2D eigenvalue weighted by molar-refractivity contribution is -0.142. The third-order valence-electron chi connectivity index (χ3n) is 2.80. The van der Waals surface area contributed by atoms with E-state index in [1.54, 1.807) is 0 Å². The predicted octanol–water partition coefficient (Wildman–Crippen LogP) is -1.16. The molecule has 0 aromatic heterocycles. The van der Waals surface area contributed by atoms with Crippen LogP contribution in [-0.2, 0) is 14.3 Å².